The van der Waals surface area contributed by atoms with E-state index < -0.39 is 11.7 Å². The second-order valence-electron chi connectivity index (χ2n) is 8.39. The van der Waals surface area contributed by atoms with Crippen molar-refractivity contribution < 1.29 is 13.2 Å². The first-order valence-corrected chi connectivity index (χ1v) is 10.6. The van der Waals surface area contributed by atoms with Crippen molar-refractivity contribution in [2.75, 3.05) is 57.8 Å². The summed E-state index contributed by atoms with van der Waals surface area (Å²) in [6.07, 6.45) is -1.76. The molecule has 0 unspecified atom stereocenters. The van der Waals surface area contributed by atoms with Crippen LogP contribution in [0.5, 0.6) is 0 Å². The van der Waals surface area contributed by atoms with Gasteiger partial charge >= 0.3 is 6.18 Å². The zero-order chi connectivity index (χ0) is 21.1. The molecule has 30 heavy (non-hydrogen) atoms. The largest absolute Gasteiger partial charge is 0.416 e. The number of benzene rings is 1. The number of nitrogens with zero attached hydrogens (tertiary/aromatic N) is 5. The van der Waals surface area contributed by atoms with E-state index in [1.807, 2.05) is 12.1 Å². The zero-order valence-corrected chi connectivity index (χ0v) is 17.3. The van der Waals surface area contributed by atoms with Crippen molar-refractivity contribution in [3.63, 3.8) is 0 Å². The van der Waals surface area contributed by atoms with Gasteiger partial charge in [0, 0.05) is 38.3 Å². The van der Waals surface area contributed by atoms with Gasteiger partial charge in [0.2, 0.25) is 0 Å². The van der Waals surface area contributed by atoms with Crippen LogP contribution in [0.25, 0.3) is 11.3 Å². The normalized spacial score (nSPS) is 19.9. The monoisotopic (exact) mass is 419 g/mol. The molecule has 8 heteroatoms. The van der Waals surface area contributed by atoms with Gasteiger partial charge in [0.05, 0.1) is 11.3 Å². The number of halogens is 3. The number of likely N-dealkylation sites (tertiary alicyclic amines) is 1. The van der Waals surface area contributed by atoms with Crippen molar-refractivity contribution in [2.24, 2.45) is 5.92 Å². The lowest BCUT2D eigenvalue weighted by molar-refractivity contribution is -0.137. The van der Waals surface area contributed by atoms with Gasteiger partial charge in [0.25, 0.3) is 0 Å². The average molecular weight is 419 g/mol. The standard InChI is InChI=1S/C22H28F3N5/c1-28-10-8-17(9-11-28)16-29-12-14-30(15-13-29)21-7-6-20(26-27-21)18-2-4-19(5-3-18)22(23,24)25/h2-7,17H,8-16H2,1H3. The third-order valence-electron chi connectivity index (χ3n) is 6.21. The molecule has 2 aliphatic heterocycles. The summed E-state index contributed by atoms with van der Waals surface area (Å²) < 4.78 is 38.1. The Kier molecular flexibility index (Phi) is 6.24. The number of hydrogen-bond donors (Lipinski definition) is 0. The van der Waals surface area contributed by atoms with E-state index in [4.69, 9.17) is 0 Å². The van der Waals surface area contributed by atoms with Crippen LogP contribution in [0, 0.1) is 5.92 Å². The summed E-state index contributed by atoms with van der Waals surface area (Å²) in [7, 11) is 2.19. The van der Waals surface area contributed by atoms with E-state index in [0.717, 1.165) is 50.0 Å². The highest BCUT2D eigenvalue weighted by atomic mass is 19.4. The van der Waals surface area contributed by atoms with Gasteiger partial charge < -0.3 is 9.80 Å². The fraction of sp³-hybridized carbons (Fsp3) is 0.545. The Hall–Kier alpha value is -2.19. The molecule has 0 N–H and O–H groups in total. The lowest BCUT2D eigenvalue weighted by atomic mass is 9.96. The van der Waals surface area contributed by atoms with Gasteiger partial charge in [-0.2, -0.15) is 13.2 Å². The van der Waals surface area contributed by atoms with Crippen LogP contribution in [0.3, 0.4) is 0 Å². The molecular weight excluding hydrogens is 391 g/mol. The SMILES string of the molecule is CN1CCC(CN2CCN(c3ccc(-c4ccc(C(F)(F)F)cc4)nn3)CC2)CC1. The third kappa shape index (κ3) is 5.10. The molecule has 0 spiro atoms. The fourth-order valence-corrected chi connectivity index (χ4v) is 4.25. The van der Waals surface area contributed by atoms with Gasteiger partial charge in [-0.1, -0.05) is 12.1 Å². The van der Waals surface area contributed by atoms with Crippen molar-refractivity contribution in [1.82, 2.24) is 20.0 Å². The maximum Gasteiger partial charge on any atom is 0.416 e. The van der Waals surface area contributed by atoms with E-state index in [2.05, 4.69) is 31.9 Å². The Morgan fingerprint density at radius 1 is 0.867 bits per heavy atom. The van der Waals surface area contributed by atoms with E-state index in [0.29, 0.717) is 11.3 Å². The predicted octanol–water partition coefficient (Wildman–Crippen LogP) is 3.63. The van der Waals surface area contributed by atoms with Crippen molar-refractivity contribution in [3.05, 3.63) is 42.0 Å². The number of alkyl halides is 3. The minimum atomic E-state index is -4.33. The summed E-state index contributed by atoms with van der Waals surface area (Å²) in [6, 6.07) is 8.77. The molecule has 0 radical (unpaired) electrons. The third-order valence-corrected chi connectivity index (χ3v) is 6.21. The Morgan fingerprint density at radius 3 is 2.10 bits per heavy atom. The van der Waals surface area contributed by atoms with Crippen molar-refractivity contribution in [3.8, 4) is 11.3 Å². The molecule has 1 aromatic carbocycles. The Labute approximate surface area is 175 Å². The molecule has 4 rings (SSSR count). The van der Waals surface area contributed by atoms with Gasteiger partial charge in [-0.05, 0) is 63.2 Å². The summed E-state index contributed by atoms with van der Waals surface area (Å²) in [6.45, 7) is 7.46. The molecule has 2 saturated heterocycles. The van der Waals surface area contributed by atoms with E-state index in [9.17, 15) is 13.2 Å². The van der Waals surface area contributed by atoms with Crippen LogP contribution in [0.1, 0.15) is 18.4 Å². The first-order chi connectivity index (χ1) is 14.4. The molecule has 5 nitrogen and oxygen atoms in total. The molecule has 1 aromatic heterocycles. The number of piperazine rings is 1. The molecule has 0 amide bonds. The summed E-state index contributed by atoms with van der Waals surface area (Å²) in [5, 5.41) is 8.57. The van der Waals surface area contributed by atoms with E-state index in [1.165, 1.54) is 44.6 Å². The molecule has 0 saturated carbocycles. The van der Waals surface area contributed by atoms with Crippen LogP contribution in [0.2, 0.25) is 0 Å². The second kappa shape index (κ2) is 8.89. The van der Waals surface area contributed by atoms with Gasteiger partial charge in [-0.3, -0.25) is 4.90 Å². The van der Waals surface area contributed by atoms with E-state index >= 15 is 0 Å². The zero-order valence-electron chi connectivity index (χ0n) is 17.3. The Bertz CT molecular complexity index is 806. The quantitative estimate of drug-likeness (QED) is 0.756. The average Bonchev–Trinajstić information content (AvgIpc) is 2.76. The number of rotatable bonds is 4. The fourth-order valence-electron chi connectivity index (χ4n) is 4.25. The highest BCUT2D eigenvalue weighted by molar-refractivity contribution is 5.60. The lowest BCUT2D eigenvalue weighted by Gasteiger charge is -2.38. The van der Waals surface area contributed by atoms with Gasteiger partial charge in [0.15, 0.2) is 5.82 Å². The van der Waals surface area contributed by atoms with Crippen molar-refractivity contribution >= 4 is 5.82 Å². The topological polar surface area (TPSA) is 35.5 Å². The molecule has 0 aliphatic carbocycles. The number of piperidine rings is 1. The van der Waals surface area contributed by atoms with Crippen LogP contribution in [0.4, 0.5) is 19.0 Å². The lowest BCUT2D eigenvalue weighted by Crippen LogP contribution is -2.49. The smallest absolute Gasteiger partial charge is 0.353 e. The molecular formula is C22H28F3N5. The van der Waals surface area contributed by atoms with Gasteiger partial charge in [-0.15, -0.1) is 10.2 Å². The highest BCUT2D eigenvalue weighted by Gasteiger charge is 2.30. The molecule has 2 aromatic rings. The summed E-state index contributed by atoms with van der Waals surface area (Å²) in [4.78, 5) is 7.19. The molecule has 2 aliphatic rings. The minimum Gasteiger partial charge on any atom is -0.353 e. The molecule has 0 atom stereocenters. The second-order valence-corrected chi connectivity index (χ2v) is 8.39. The van der Waals surface area contributed by atoms with Gasteiger partial charge in [0.1, 0.15) is 0 Å². The van der Waals surface area contributed by atoms with Gasteiger partial charge in [-0.25, -0.2) is 0 Å². The maximum absolute atomic E-state index is 12.7. The molecule has 3 heterocycles. The van der Waals surface area contributed by atoms with E-state index in [-0.39, 0.29) is 0 Å². The first kappa shape index (κ1) is 21.1. The summed E-state index contributed by atoms with van der Waals surface area (Å²) >= 11 is 0. The van der Waals surface area contributed by atoms with Crippen LogP contribution >= 0.6 is 0 Å². The van der Waals surface area contributed by atoms with Crippen molar-refractivity contribution in [2.45, 2.75) is 19.0 Å². The first-order valence-electron chi connectivity index (χ1n) is 10.6. The maximum atomic E-state index is 12.7. The van der Waals surface area contributed by atoms with Crippen LogP contribution in [-0.2, 0) is 6.18 Å². The number of aromatic nitrogens is 2. The predicted molar refractivity (Wildman–Crippen MR) is 111 cm³/mol. The molecule has 162 valence electrons. The van der Waals surface area contributed by atoms with E-state index in [1.54, 1.807) is 0 Å². The Balaban J connectivity index is 1.30. The van der Waals surface area contributed by atoms with Crippen LogP contribution in [0.15, 0.2) is 36.4 Å². The highest BCUT2D eigenvalue weighted by Crippen LogP contribution is 2.30. The van der Waals surface area contributed by atoms with Crippen molar-refractivity contribution in [1.29, 1.82) is 0 Å². The number of hydrogen-bond acceptors (Lipinski definition) is 5. The molecule has 2 fully saturated rings. The minimum absolute atomic E-state index is 0.577. The Morgan fingerprint density at radius 2 is 1.53 bits per heavy atom. The summed E-state index contributed by atoms with van der Waals surface area (Å²) in [5.41, 5.74) is 0.548. The summed E-state index contributed by atoms with van der Waals surface area (Å²) in [5.74, 6) is 1.63. The van der Waals surface area contributed by atoms with Crippen LogP contribution in [-0.4, -0.2) is 72.9 Å². The van der Waals surface area contributed by atoms with Crippen LogP contribution < -0.4 is 4.90 Å². The molecule has 0 bridgehead atoms. The number of anilines is 1.